The molecule has 0 aromatic carbocycles. The molecule has 41 heavy (non-hydrogen) atoms. The van der Waals surface area contributed by atoms with Crippen LogP contribution in [0.3, 0.4) is 0 Å². The smallest absolute Gasteiger partial charge is 0.255 e. The van der Waals surface area contributed by atoms with E-state index in [9.17, 15) is 15.0 Å². The first-order valence-electron chi connectivity index (χ1n) is 14.7. The molecule has 1 amide bonds. The van der Waals surface area contributed by atoms with Crippen molar-refractivity contribution in [3.8, 4) is 0 Å². The number of rotatable bonds is 13. The summed E-state index contributed by atoms with van der Waals surface area (Å²) >= 11 is 0. The number of carbonyl (C=O) groups is 1. The quantitative estimate of drug-likeness (QED) is 0.160. The van der Waals surface area contributed by atoms with E-state index in [1.165, 1.54) is 14.2 Å². The van der Waals surface area contributed by atoms with Crippen molar-refractivity contribution in [2.45, 2.75) is 135 Å². The molecular formula is C29H57NO9Si2. The Hall–Kier alpha value is -0.676. The van der Waals surface area contributed by atoms with Gasteiger partial charge in [-0.15, -0.1) is 0 Å². The Kier molecular flexibility index (Phi) is 12.4. The van der Waals surface area contributed by atoms with Crippen molar-refractivity contribution in [3.63, 3.8) is 0 Å². The first-order valence-corrected chi connectivity index (χ1v) is 21.5. The average molecular weight is 620 g/mol. The molecule has 2 aliphatic rings. The summed E-state index contributed by atoms with van der Waals surface area (Å²) in [6, 6.07) is 0. The van der Waals surface area contributed by atoms with Crippen LogP contribution >= 0.6 is 0 Å². The second kappa shape index (κ2) is 14.0. The van der Waals surface area contributed by atoms with Crippen molar-refractivity contribution in [2.75, 3.05) is 20.8 Å². The SMILES string of the molecule is C=C1C[C@](OC)(C(O[Si](C)(C)C)C(=O)N[C@@H](OC)[C@@H]2CC(O[Si](C)(C)C)C(C)(C)[C@@H](C[C@H](O)CO)O2)O[C@H](C)[C@@H]1C. The second-order valence-corrected chi connectivity index (χ2v) is 23.2. The van der Waals surface area contributed by atoms with E-state index in [4.69, 9.17) is 27.8 Å². The van der Waals surface area contributed by atoms with Gasteiger partial charge < -0.3 is 43.3 Å². The van der Waals surface area contributed by atoms with E-state index >= 15 is 0 Å². The van der Waals surface area contributed by atoms with Gasteiger partial charge in [-0.25, -0.2) is 0 Å². The fraction of sp³-hybridized carbons (Fsp3) is 0.897. The van der Waals surface area contributed by atoms with Crippen LogP contribution in [0.1, 0.15) is 47.0 Å². The molecule has 0 aliphatic carbocycles. The van der Waals surface area contributed by atoms with E-state index in [2.05, 4.69) is 45.4 Å². The molecule has 9 atom stereocenters. The van der Waals surface area contributed by atoms with Crippen LogP contribution in [-0.4, -0.2) is 102 Å². The maximum atomic E-state index is 14.1. The second-order valence-electron chi connectivity index (χ2n) is 14.2. The summed E-state index contributed by atoms with van der Waals surface area (Å²) in [7, 11) is -1.20. The molecule has 10 nitrogen and oxygen atoms in total. The van der Waals surface area contributed by atoms with Gasteiger partial charge in [-0.1, -0.05) is 32.9 Å². The lowest BCUT2D eigenvalue weighted by atomic mass is 9.74. The normalized spacial score (nSPS) is 33.2. The van der Waals surface area contributed by atoms with Gasteiger partial charge >= 0.3 is 0 Å². The van der Waals surface area contributed by atoms with Crippen molar-refractivity contribution in [1.29, 1.82) is 0 Å². The first-order chi connectivity index (χ1) is 18.7. The van der Waals surface area contributed by atoms with Gasteiger partial charge in [0.1, 0.15) is 6.10 Å². The lowest BCUT2D eigenvalue weighted by Crippen LogP contribution is -2.64. The maximum absolute atomic E-state index is 14.1. The number of amides is 1. The van der Waals surface area contributed by atoms with Crippen molar-refractivity contribution in [2.24, 2.45) is 11.3 Å². The topological polar surface area (TPSA) is 125 Å². The van der Waals surface area contributed by atoms with E-state index in [0.29, 0.717) is 12.8 Å². The third kappa shape index (κ3) is 9.40. The summed E-state index contributed by atoms with van der Waals surface area (Å²) in [6.45, 7) is 24.4. The van der Waals surface area contributed by atoms with Crippen LogP contribution in [0, 0.1) is 11.3 Å². The van der Waals surface area contributed by atoms with Gasteiger partial charge in [-0.3, -0.25) is 4.79 Å². The van der Waals surface area contributed by atoms with E-state index in [0.717, 1.165) is 5.57 Å². The molecule has 12 heteroatoms. The highest BCUT2D eigenvalue weighted by molar-refractivity contribution is 6.70. The number of ether oxygens (including phenoxy) is 4. The summed E-state index contributed by atoms with van der Waals surface area (Å²) in [5.74, 6) is -1.67. The molecule has 240 valence electrons. The molecular weight excluding hydrogens is 562 g/mol. The van der Waals surface area contributed by atoms with E-state index in [1.54, 1.807) is 0 Å². The van der Waals surface area contributed by atoms with Gasteiger partial charge in [0.15, 0.2) is 29.0 Å². The molecule has 2 unspecified atom stereocenters. The monoisotopic (exact) mass is 619 g/mol. The zero-order valence-electron chi connectivity index (χ0n) is 27.4. The van der Waals surface area contributed by atoms with Gasteiger partial charge in [0.2, 0.25) is 5.79 Å². The van der Waals surface area contributed by atoms with Crippen LogP contribution in [0.15, 0.2) is 12.2 Å². The van der Waals surface area contributed by atoms with Gasteiger partial charge in [0, 0.05) is 44.8 Å². The minimum Gasteiger partial charge on any atom is -0.414 e. The number of hydrogen-bond donors (Lipinski definition) is 3. The minimum absolute atomic E-state index is 0.106. The Morgan fingerprint density at radius 3 is 2.22 bits per heavy atom. The molecule has 3 N–H and O–H groups in total. The predicted octanol–water partition coefficient (Wildman–Crippen LogP) is 3.79. The lowest BCUT2D eigenvalue weighted by Gasteiger charge is -2.51. The number of aliphatic hydroxyl groups is 2. The van der Waals surface area contributed by atoms with Crippen LogP contribution in [0.5, 0.6) is 0 Å². The molecule has 0 saturated carbocycles. The summed E-state index contributed by atoms with van der Waals surface area (Å²) in [5.41, 5.74) is 0.474. The van der Waals surface area contributed by atoms with Gasteiger partial charge in [0.05, 0.1) is 31.0 Å². The number of methoxy groups -OCH3 is 2. The van der Waals surface area contributed by atoms with Crippen molar-refractivity contribution < 1.29 is 42.8 Å². The fourth-order valence-corrected chi connectivity index (χ4v) is 7.78. The minimum atomic E-state index is -2.27. The standard InChI is InChI=1S/C29H57NO9Si2/c1-18-16-29(35-7,37-20(3)19(18)2)25(39-41(11,12)13)26(33)30-27(34-6)22-15-24(38-40(8,9)10)28(4,5)23(36-22)14-21(32)17-31/h19-25,27,31-32H,1,14-17H2,2-13H3,(H,30,33)/t19-,20-,21+,22+,23-,24?,25?,27+,29-/m1/s1. The third-order valence-electron chi connectivity index (χ3n) is 8.18. The van der Waals surface area contributed by atoms with Crippen molar-refractivity contribution in [1.82, 2.24) is 5.32 Å². The Morgan fingerprint density at radius 2 is 1.76 bits per heavy atom. The molecule has 0 bridgehead atoms. The highest BCUT2D eigenvalue weighted by Crippen LogP contribution is 2.43. The fourth-order valence-electron chi connectivity index (χ4n) is 5.53. The van der Waals surface area contributed by atoms with Crippen LogP contribution in [0.25, 0.3) is 0 Å². The zero-order chi connectivity index (χ0) is 31.6. The lowest BCUT2D eigenvalue weighted by molar-refractivity contribution is -0.295. The number of nitrogens with one attached hydrogen (secondary N) is 1. The van der Waals surface area contributed by atoms with E-state index < -0.39 is 64.4 Å². The number of carbonyl (C=O) groups excluding carboxylic acids is 1. The number of aliphatic hydroxyl groups excluding tert-OH is 2. The number of hydrogen-bond acceptors (Lipinski definition) is 9. The molecule has 2 saturated heterocycles. The predicted molar refractivity (Wildman–Crippen MR) is 163 cm³/mol. The van der Waals surface area contributed by atoms with E-state index in [1.807, 2.05) is 33.5 Å². The summed E-state index contributed by atoms with van der Waals surface area (Å²) in [6.07, 6.45) is -3.34. The Morgan fingerprint density at radius 1 is 1.15 bits per heavy atom. The van der Waals surface area contributed by atoms with Crippen molar-refractivity contribution in [3.05, 3.63) is 12.2 Å². The van der Waals surface area contributed by atoms with Gasteiger partial charge in [0.25, 0.3) is 5.91 Å². The van der Waals surface area contributed by atoms with Gasteiger partial charge in [-0.2, -0.15) is 0 Å². The highest BCUT2D eigenvalue weighted by atomic mass is 28.4. The molecule has 2 rings (SSSR count). The maximum Gasteiger partial charge on any atom is 0.255 e. The zero-order valence-corrected chi connectivity index (χ0v) is 29.4. The summed E-state index contributed by atoms with van der Waals surface area (Å²) in [4.78, 5) is 14.1. The highest BCUT2D eigenvalue weighted by Gasteiger charge is 2.54. The first kappa shape index (κ1) is 36.5. The van der Waals surface area contributed by atoms with Gasteiger partial charge in [-0.05, 0) is 46.2 Å². The van der Waals surface area contributed by atoms with Crippen LogP contribution in [0.2, 0.25) is 39.3 Å². The Labute approximate surface area is 249 Å². The Balaban J connectivity index is 2.42. The van der Waals surface area contributed by atoms with Crippen LogP contribution in [-0.2, 0) is 32.6 Å². The summed E-state index contributed by atoms with van der Waals surface area (Å²) < 4.78 is 37.8. The molecule has 0 radical (unpaired) electrons. The Bertz CT molecular complexity index is 890. The average Bonchev–Trinajstić information content (AvgIpc) is 2.84. The van der Waals surface area contributed by atoms with Crippen LogP contribution in [0.4, 0.5) is 0 Å². The molecule has 0 aromatic heterocycles. The molecule has 2 fully saturated rings. The molecule has 2 heterocycles. The van der Waals surface area contributed by atoms with Crippen LogP contribution < -0.4 is 5.32 Å². The largest absolute Gasteiger partial charge is 0.414 e. The molecule has 2 aliphatic heterocycles. The van der Waals surface area contributed by atoms with Crippen molar-refractivity contribution >= 4 is 22.5 Å². The molecule has 0 spiro atoms. The third-order valence-corrected chi connectivity index (χ3v) is 10.1. The molecule has 0 aromatic rings. The van der Waals surface area contributed by atoms with E-state index in [-0.39, 0.29) is 31.2 Å². The summed E-state index contributed by atoms with van der Waals surface area (Å²) in [5, 5.41) is 22.9.